The van der Waals surface area contributed by atoms with Crippen molar-refractivity contribution in [1.82, 2.24) is 20.2 Å². The van der Waals surface area contributed by atoms with Crippen molar-refractivity contribution in [1.29, 1.82) is 5.26 Å². The minimum absolute atomic E-state index is 0.651. The Morgan fingerprint density at radius 2 is 1.96 bits per heavy atom. The molecule has 7 heteroatoms. The van der Waals surface area contributed by atoms with Crippen LogP contribution in [0.3, 0.4) is 0 Å². The molecular weight excluding hydrogens is 310 g/mol. The molecule has 2 aromatic carbocycles. The predicted octanol–water partition coefficient (Wildman–Crippen LogP) is 2.83. The van der Waals surface area contributed by atoms with E-state index in [1.807, 2.05) is 36.4 Å². The average molecular weight is 323 g/mol. The molecule has 0 aliphatic heterocycles. The molecule has 0 fully saturated rings. The molecule has 0 aliphatic rings. The first-order valence-corrected chi connectivity index (χ1v) is 7.84. The van der Waals surface area contributed by atoms with Crippen LogP contribution in [0, 0.1) is 11.3 Å². The van der Waals surface area contributed by atoms with Gasteiger partial charge in [-0.3, -0.25) is 0 Å². The van der Waals surface area contributed by atoms with E-state index in [0.29, 0.717) is 22.2 Å². The van der Waals surface area contributed by atoms with Gasteiger partial charge in [0, 0.05) is 5.75 Å². The molecule has 0 spiro atoms. The maximum absolute atomic E-state index is 8.82. The largest absolute Gasteiger partial charge is 0.494 e. The molecular formula is C16H13N5OS. The molecule has 1 aromatic heterocycles. The number of hydrogen-bond acceptors (Lipinski definition) is 6. The summed E-state index contributed by atoms with van der Waals surface area (Å²) in [5.41, 5.74) is 2.54. The highest BCUT2D eigenvalue weighted by molar-refractivity contribution is 7.98. The summed E-state index contributed by atoms with van der Waals surface area (Å²) in [5.74, 6) is 1.42. The van der Waals surface area contributed by atoms with E-state index in [9.17, 15) is 0 Å². The molecule has 6 nitrogen and oxygen atoms in total. The highest BCUT2D eigenvalue weighted by Crippen LogP contribution is 2.27. The number of rotatable bonds is 5. The summed E-state index contributed by atoms with van der Waals surface area (Å²) in [6, 6.07) is 17.2. The van der Waals surface area contributed by atoms with E-state index in [0.717, 1.165) is 11.3 Å². The van der Waals surface area contributed by atoms with E-state index in [1.54, 1.807) is 23.9 Å². The first-order valence-electron chi connectivity index (χ1n) is 6.85. The number of methoxy groups -OCH3 is 1. The number of nitriles is 1. The van der Waals surface area contributed by atoms with Gasteiger partial charge >= 0.3 is 0 Å². The fourth-order valence-electron chi connectivity index (χ4n) is 2.05. The van der Waals surface area contributed by atoms with E-state index >= 15 is 0 Å². The molecule has 0 saturated carbocycles. The Bertz CT molecular complexity index is 838. The van der Waals surface area contributed by atoms with Gasteiger partial charge in [-0.1, -0.05) is 36.0 Å². The lowest BCUT2D eigenvalue weighted by Gasteiger charge is -2.08. The van der Waals surface area contributed by atoms with Crippen LogP contribution in [-0.2, 0) is 5.75 Å². The summed E-state index contributed by atoms with van der Waals surface area (Å²) >= 11 is 1.52. The van der Waals surface area contributed by atoms with Gasteiger partial charge in [0.05, 0.1) is 18.7 Å². The molecule has 0 aliphatic carbocycles. The van der Waals surface area contributed by atoms with Crippen LogP contribution in [0.4, 0.5) is 0 Å². The predicted molar refractivity (Wildman–Crippen MR) is 86.4 cm³/mol. The second-order valence-corrected chi connectivity index (χ2v) is 5.59. The van der Waals surface area contributed by atoms with Crippen LogP contribution in [0.2, 0.25) is 0 Å². The Kier molecular flexibility index (Phi) is 4.54. The lowest BCUT2D eigenvalue weighted by molar-refractivity contribution is 0.410. The Balaban J connectivity index is 1.80. The topological polar surface area (TPSA) is 76.6 Å². The van der Waals surface area contributed by atoms with Gasteiger partial charge in [0.25, 0.3) is 0 Å². The summed E-state index contributed by atoms with van der Waals surface area (Å²) in [4.78, 5) is 0. The number of hydrogen-bond donors (Lipinski definition) is 0. The number of para-hydroxylation sites is 2. The number of benzene rings is 2. The maximum atomic E-state index is 8.82. The van der Waals surface area contributed by atoms with Crippen LogP contribution < -0.4 is 4.74 Å². The number of ether oxygens (including phenoxy) is 1. The molecule has 114 valence electrons. The summed E-state index contributed by atoms with van der Waals surface area (Å²) < 4.78 is 7.02. The van der Waals surface area contributed by atoms with Crippen molar-refractivity contribution >= 4 is 11.8 Å². The van der Waals surface area contributed by atoms with Crippen LogP contribution in [-0.4, -0.2) is 27.3 Å². The number of tetrazole rings is 1. The fourth-order valence-corrected chi connectivity index (χ4v) is 2.89. The SMILES string of the molecule is COc1ccccc1-n1nnnc1SCc1ccc(C#N)cc1. The normalized spacial score (nSPS) is 10.3. The lowest BCUT2D eigenvalue weighted by atomic mass is 10.2. The van der Waals surface area contributed by atoms with Crippen LogP contribution in [0.15, 0.2) is 53.7 Å². The van der Waals surface area contributed by atoms with E-state index in [2.05, 4.69) is 21.6 Å². The third kappa shape index (κ3) is 3.33. The molecule has 0 bridgehead atoms. The Morgan fingerprint density at radius 1 is 1.17 bits per heavy atom. The Morgan fingerprint density at radius 3 is 2.70 bits per heavy atom. The first-order chi connectivity index (χ1) is 11.3. The molecule has 3 aromatic rings. The van der Waals surface area contributed by atoms with Crippen molar-refractivity contribution in [3.05, 3.63) is 59.7 Å². The summed E-state index contributed by atoms with van der Waals surface area (Å²) in [6.07, 6.45) is 0. The number of thioether (sulfide) groups is 1. The Labute approximate surface area is 137 Å². The summed E-state index contributed by atoms with van der Waals surface area (Å²) in [7, 11) is 1.62. The van der Waals surface area contributed by atoms with Gasteiger partial charge in [-0.2, -0.15) is 9.94 Å². The molecule has 0 N–H and O–H groups in total. The van der Waals surface area contributed by atoms with Gasteiger partial charge in [0.15, 0.2) is 0 Å². The molecule has 0 atom stereocenters. The molecule has 0 saturated heterocycles. The van der Waals surface area contributed by atoms with E-state index in [4.69, 9.17) is 10.00 Å². The van der Waals surface area contributed by atoms with Gasteiger partial charge in [-0.25, -0.2) is 0 Å². The quantitative estimate of drug-likeness (QED) is 0.672. The second kappa shape index (κ2) is 6.94. The van der Waals surface area contributed by atoms with Gasteiger partial charge in [-0.15, -0.1) is 5.10 Å². The van der Waals surface area contributed by atoms with Gasteiger partial charge in [-0.05, 0) is 40.3 Å². The van der Waals surface area contributed by atoms with E-state index in [1.165, 1.54) is 11.8 Å². The van der Waals surface area contributed by atoms with Crippen molar-refractivity contribution in [2.24, 2.45) is 0 Å². The van der Waals surface area contributed by atoms with Gasteiger partial charge < -0.3 is 4.74 Å². The average Bonchev–Trinajstić information content (AvgIpc) is 3.08. The van der Waals surface area contributed by atoms with Crippen molar-refractivity contribution in [2.45, 2.75) is 10.9 Å². The summed E-state index contributed by atoms with van der Waals surface area (Å²) in [5, 5.41) is 21.4. The van der Waals surface area contributed by atoms with Crippen molar-refractivity contribution in [2.75, 3.05) is 7.11 Å². The van der Waals surface area contributed by atoms with Crippen molar-refractivity contribution < 1.29 is 4.74 Å². The molecule has 0 amide bonds. The Hall–Kier alpha value is -2.85. The number of nitrogens with zero attached hydrogens (tertiary/aromatic N) is 5. The van der Waals surface area contributed by atoms with Crippen molar-refractivity contribution in [3.8, 4) is 17.5 Å². The van der Waals surface area contributed by atoms with Crippen molar-refractivity contribution in [3.63, 3.8) is 0 Å². The standard InChI is InChI=1S/C16H13N5OS/c1-22-15-5-3-2-4-14(15)21-16(18-19-20-21)23-11-13-8-6-12(10-17)7-9-13/h2-9H,11H2,1H3. The van der Waals surface area contributed by atoms with E-state index < -0.39 is 0 Å². The third-order valence-electron chi connectivity index (χ3n) is 3.21. The van der Waals surface area contributed by atoms with Gasteiger partial charge in [0.2, 0.25) is 5.16 Å². The zero-order valence-corrected chi connectivity index (χ0v) is 13.2. The van der Waals surface area contributed by atoms with Gasteiger partial charge in [0.1, 0.15) is 11.4 Å². The lowest BCUT2D eigenvalue weighted by Crippen LogP contribution is -2.01. The smallest absolute Gasteiger partial charge is 0.214 e. The van der Waals surface area contributed by atoms with Crippen LogP contribution in [0.1, 0.15) is 11.1 Å². The number of aromatic nitrogens is 4. The zero-order valence-electron chi connectivity index (χ0n) is 12.4. The first kappa shape index (κ1) is 15.1. The molecule has 0 radical (unpaired) electrons. The molecule has 3 rings (SSSR count). The fraction of sp³-hybridized carbons (Fsp3) is 0.125. The zero-order chi connectivity index (χ0) is 16.1. The monoisotopic (exact) mass is 323 g/mol. The second-order valence-electron chi connectivity index (χ2n) is 4.64. The van der Waals surface area contributed by atoms with E-state index in [-0.39, 0.29) is 0 Å². The van der Waals surface area contributed by atoms with Crippen LogP contribution in [0.25, 0.3) is 5.69 Å². The molecule has 23 heavy (non-hydrogen) atoms. The minimum Gasteiger partial charge on any atom is -0.494 e. The van der Waals surface area contributed by atoms with Crippen LogP contribution >= 0.6 is 11.8 Å². The highest BCUT2D eigenvalue weighted by Gasteiger charge is 2.12. The third-order valence-corrected chi connectivity index (χ3v) is 4.20. The molecule has 1 heterocycles. The highest BCUT2D eigenvalue weighted by atomic mass is 32.2. The summed E-state index contributed by atoms with van der Waals surface area (Å²) in [6.45, 7) is 0. The van der Waals surface area contributed by atoms with Crippen LogP contribution in [0.5, 0.6) is 5.75 Å². The molecule has 0 unspecified atom stereocenters. The maximum Gasteiger partial charge on any atom is 0.214 e. The minimum atomic E-state index is 0.651.